The molecule has 0 aliphatic carbocycles. The molecule has 11 nitrogen and oxygen atoms in total. The number of aromatic nitrogens is 3. The third-order valence-corrected chi connectivity index (χ3v) is 8.48. The SMILES string of the molecule is CC(=O)N1CCC(Cc2cc(C(=O)NC[C@H](O)CN3CCc4c(ccc(OCc5ocnc5C)c4Cl)C3)ncn2)CC1. The van der Waals surface area contributed by atoms with E-state index < -0.39 is 6.10 Å². The fourth-order valence-electron chi connectivity index (χ4n) is 5.57. The minimum Gasteiger partial charge on any atom is -0.484 e. The average molecular weight is 597 g/mol. The Labute approximate surface area is 250 Å². The van der Waals surface area contributed by atoms with E-state index in [0.29, 0.717) is 35.5 Å². The highest BCUT2D eigenvalue weighted by Crippen LogP contribution is 2.34. The predicted molar refractivity (Wildman–Crippen MR) is 155 cm³/mol. The van der Waals surface area contributed by atoms with Crippen LogP contribution in [0, 0.1) is 12.8 Å². The third-order valence-electron chi connectivity index (χ3n) is 8.06. The van der Waals surface area contributed by atoms with E-state index in [0.717, 1.165) is 67.8 Å². The van der Waals surface area contributed by atoms with E-state index in [-0.39, 0.29) is 30.7 Å². The monoisotopic (exact) mass is 596 g/mol. The molecule has 5 rings (SSSR count). The van der Waals surface area contributed by atoms with Gasteiger partial charge >= 0.3 is 0 Å². The third kappa shape index (κ3) is 7.45. The van der Waals surface area contributed by atoms with Crippen LogP contribution in [0.25, 0.3) is 0 Å². The lowest BCUT2D eigenvalue weighted by Gasteiger charge is -2.31. The van der Waals surface area contributed by atoms with Gasteiger partial charge in [-0.25, -0.2) is 15.0 Å². The second kappa shape index (κ2) is 13.6. The summed E-state index contributed by atoms with van der Waals surface area (Å²) in [5.74, 6) is 1.46. The van der Waals surface area contributed by atoms with E-state index in [4.69, 9.17) is 20.8 Å². The van der Waals surface area contributed by atoms with E-state index in [9.17, 15) is 14.7 Å². The lowest BCUT2D eigenvalue weighted by atomic mass is 9.92. The maximum Gasteiger partial charge on any atom is 0.270 e. The number of oxazole rings is 1. The summed E-state index contributed by atoms with van der Waals surface area (Å²) in [7, 11) is 0. The molecule has 2 aliphatic rings. The number of aliphatic hydroxyl groups excluding tert-OH is 1. The Kier molecular flexibility index (Phi) is 9.71. The van der Waals surface area contributed by atoms with Crippen LogP contribution in [-0.4, -0.2) is 80.5 Å². The first kappa shape index (κ1) is 29.9. The summed E-state index contributed by atoms with van der Waals surface area (Å²) in [6.45, 7) is 7.12. The van der Waals surface area contributed by atoms with Crippen molar-refractivity contribution in [3.8, 4) is 5.75 Å². The van der Waals surface area contributed by atoms with Gasteiger partial charge in [0.05, 0.1) is 16.8 Å². The van der Waals surface area contributed by atoms with E-state index in [1.165, 1.54) is 12.7 Å². The maximum absolute atomic E-state index is 12.8. The second-order valence-electron chi connectivity index (χ2n) is 11.1. The number of amides is 2. The van der Waals surface area contributed by atoms with Gasteiger partial charge in [-0.3, -0.25) is 14.5 Å². The number of likely N-dealkylation sites (tertiary alicyclic amines) is 1. The van der Waals surface area contributed by atoms with Gasteiger partial charge < -0.3 is 24.5 Å². The van der Waals surface area contributed by atoms with Crippen LogP contribution < -0.4 is 10.1 Å². The molecule has 0 radical (unpaired) electrons. The minimum atomic E-state index is -0.744. The fourth-order valence-corrected chi connectivity index (χ4v) is 5.90. The summed E-state index contributed by atoms with van der Waals surface area (Å²) in [6.07, 6.45) is 5.37. The van der Waals surface area contributed by atoms with Crippen molar-refractivity contribution in [1.29, 1.82) is 0 Å². The van der Waals surface area contributed by atoms with Gasteiger partial charge in [-0.1, -0.05) is 17.7 Å². The Balaban J connectivity index is 1.08. The zero-order valence-corrected chi connectivity index (χ0v) is 24.8. The van der Waals surface area contributed by atoms with E-state index in [1.54, 1.807) is 13.0 Å². The smallest absolute Gasteiger partial charge is 0.270 e. The van der Waals surface area contributed by atoms with E-state index in [2.05, 4.69) is 25.2 Å². The lowest BCUT2D eigenvalue weighted by Crippen LogP contribution is -2.42. The number of nitrogens with one attached hydrogen (secondary N) is 1. The largest absolute Gasteiger partial charge is 0.484 e. The first-order valence-electron chi connectivity index (χ1n) is 14.3. The van der Waals surface area contributed by atoms with Crippen LogP contribution in [0.4, 0.5) is 0 Å². The van der Waals surface area contributed by atoms with Crippen LogP contribution in [0.2, 0.25) is 5.02 Å². The zero-order valence-electron chi connectivity index (χ0n) is 24.0. The number of carbonyl (C=O) groups is 2. The lowest BCUT2D eigenvalue weighted by molar-refractivity contribution is -0.130. The van der Waals surface area contributed by atoms with Crippen molar-refractivity contribution in [3.63, 3.8) is 0 Å². The summed E-state index contributed by atoms with van der Waals surface area (Å²) in [5.41, 5.74) is 4.02. The van der Waals surface area contributed by atoms with E-state index in [1.807, 2.05) is 24.0 Å². The molecule has 3 aromatic rings. The topological polar surface area (TPSA) is 134 Å². The molecule has 2 N–H and O–H groups in total. The van der Waals surface area contributed by atoms with Crippen LogP contribution in [0.5, 0.6) is 5.75 Å². The molecule has 1 aromatic carbocycles. The quantitative estimate of drug-likeness (QED) is 0.362. The molecule has 1 atom stereocenters. The number of rotatable bonds is 10. The molecule has 2 amide bonds. The number of carbonyl (C=O) groups excluding carboxylic acids is 2. The van der Waals surface area contributed by atoms with Crippen LogP contribution >= 0.6 is 11.6 Å². The van der Waals surface area contributed by atoms with Crippen LogP contribution in [-0.2, 0) is 30.8 Å². The maximum atomic E-state index is 12.8. The molecule has 12 heteroatoms. The van der Waals surface area contributed by atoms with E-state index >= 15 is 0 Å². The number of hydrogen-bond acceptors (Lipinski definition) is 9. The molecule has 1 saturated heterocycles. The number of benzene rings is 1. The van der Waals surface area contributed by atoms with Crippen molar-refractivity contribution in [3.05, 3.63) is 69.9 Å². The molecular formula is C30H37ClN6O5. The molecular weight excluding hydrogens is 560 g/mol. The highest BCUT2D eigenvalue weighted by atomic mass is 35.5. The number of aliphatic hydroxyl groups is 1. The highest BCUT2D eigenvalue weighted by molar-refractivity contribution is 6.33. The Morgan fingerprint density at radius 2 is 2.02 bits per heavy atom. The molecule has 2 aliphatic heterocycles. The number of hydrogen-bond donors (Lipinski definition) is 2. The summed E-state index contributed by atoms with van der Waals surface area (Å²) < 4.78 is 11.2. The normalized spacial score (nSPS) is 16.6. The average Bonchev–Trinajstić information content (AvgIpc) is 3.40. The molecule has 1 fully saturated rings. The molecule has 0 bridgehead atoms. The van der Waals surface area contributed by atoms with Gasteiger partial charge in [0.2, 0.25) is 5.91 Å². The number of β-amino-alcohol motifs (C(OH)–C–C–N with tert-alkyl or cyclic N) is 1. The van der Waals surface area contributed by atoms with Crippen molar-refractivity contribution >= 4 is 23.4 Å². The Hall–Kier alpha value is -3.54. The Morgan fingerprint density at radius 1 is 1.21 bits per heavy atom. The number of halogens is 1. The predicted octanol–water partition coefficient (Wildman–Crippen LogP) is 2.96. The Bertz CT molecular complexity index is 1410. The summed E-state index contributed by atoms with van der Waals surface area (Å²) in [4.78, 5) is 40.9. The number of ether oxygens (including phenoxy) is 1. The number of piperidine rings is 1. The van der Waals surface area contributed by atoms with Gasteiger partial charge in [0, 0.05) is 51.9 Å². The van der Waals surface area contributed by atoms with Gasteiger partial charge in [0.25, 0.3) is 5.91 Å². The summed E-state index contributed by atoms with van der Waals surface area (Å²) in [5, 5.41) is 14.1. The second-order valence-corrected chi connectivity index (χ2v) is 11.4. The molecule has 0 spiro atoms. The minimum absolute atomic E-state index is 0.111. The Morgan fingerprint density at radius 3 is 2.76 bits per heavy atom. The molecule has 0 saturated carbocycles. The molecule has 4 heterocycles. The number of fused-ring (bicyclic) bond motifs is 1. The van der Waals surface area contributed by atoms with Crippen molar-refractivity contribution < 1.29 is 23.8 Å². The van der Waals surface area contributed by atoms with Gasteiger partial charge in [-0.05, 0) is 61.8 Å². The van der Waals surface area contributed by atoms with Crippen molar-refractivity contribution in [1.82, 2.24) is 30.1 Å². The number of nitrogens with zero attached hydrogens (tertiary/aromatic N) is 5. The zero-order chi connectivity index (χ0) is 29.6. The van der Waals surface area contributed by atoms with Gasteiger partial charge in [-0.15, -0.1) is 0 Å². The first-order valence-corrected chi connectivity index (χ1v) is 14.7. The van der Waals surface area contributed by atoms with Crippen molar-refractivity contribution in [2.45, 2.75) is 58.8 Å². The number of aryl methyl sites for hydroxylation is 1. The molecule has 0 unspecified atom stereocenters. The molecule has 2 aromatic heterocycles. The standard InChI is InChI=1S/C30H37ClN6O5/c1-19-28(42-18-35-19)16-41-27-4-3-22-14-36(8-7-25(22)29(27)31)15-24(39)13-32-30(40)26-12-23(33-17-34-26)11-21-5-9-37(10-6-21)20(2)38/h3-4,12,17-18,21,24,39H,5-11,13-16H2,1-2H3,(H,32,40)/t24-/m0/s1. The van der Waals surface area contributed by atoms with Crippen molar-refractivity contribution in [2.75, 3.05) is 32.7 Å². The first-order chi connectivity index (χ1) is 20.3. The fraction of sp³-hybridized carbons (Fsp3) is 0.500. The van der Waals surface area contributed by atoms with Gasteiger partial charge in [0.15, 0.2) is 12.2 Å². The molecule has 42 heavy (non-hydrogen) atoms. The van der Waals surface area contributed by atoms with Gasteiger partial charge in [0.1, 0.15) is 24.4 Å². The van der Waals surface area contributed by atoms with Crippen LogP contribution in [0.1, 0.15) is 58.5 Å². The summed E-state index contributed by atoms with van der Waals surface area (Å²) in [6, 6.07) is 5.58. The molecule has 224 valence electrons. The van der Waals surface area contributed by atoms with Crippen LogP contribution in [0.3, 0.4) is 0 Å². The summed E-state index contributed by atoms with van der Waals surface area (Å²) >= 11 is 6.67. The van der Waals surface area contributed by atoms with Gasteiger partial charge in [-0.2, -0.15) is 0 Å². The highest BCUT2D eigenvalue weighted by Gasteiger charge is 2.24. The van der Waals surface area contributed by atoms with Crippen LogP contribution in [0.15, 0.2) is 35.3 Å². The van der Waals surface area contributed by atoms with Crippen molar-refractivity contribution in [2.24, 2.45) is 5.92 Å².